The number of carbonyl (C=O) groups excluding carboxylic acids is 1. The van der Waals surface area contributed by atoms with Gasteiger partial charge in [-0.25, -0.2) is 4.99 Å². The van der Waals surface area contributed by atoms with Crippen LogP contribution in [0.1, 0.15) is 19.4 Å². The minimum atomic E-state index is -0.0359. The van der Waals surface area contributed by atoms with E-state index < -0.39 is 0 Å². The van der Waals surface area contributed by atoms with E-state index in [1.54, 1.807) is 14.1 Å². The second-order valence-corrected chi connectivity index (χ2v) is 5.61. The highest BCUT2D eigenvalue weighted by Crippen LogP contribution is 2.13. The van der Waals surface area contributed by atoms with E-state index in [9.17, 15) is 4.79 Å². The molecule has 0 aliphatic heterocycles. The molecule has 0 heterocycles. The molecule has 0 saturated carbocycles. The predicted molar refractivity (Wildman–Crippen MR) is 109 cm³/mol. The highest BCUT2D eigenvalue weighted by Gasteiger charge is 2.07. The Labute approximate surface area is 162 Å². The molecule has 1 unspecified atom stereocenters. The number of likely N-dealkylation sites (N-methyl/N-ethyl adjacent to an activating group) is 1. The molecule has 0 saturated heterocycles. The van der Waals surface area contributed by atoms with Gasteiger partial charge in [-0.2, -0.15) is 0 Å². The van der Waals surface area contributed by atoms with Crippen LogP contribution < -0.4 is 15.4 Å². The molecular formula is C17H29IN4O2. The van der Waals surface area contributed by atoms with E-state index >= 15 is 0 Å². The average Bonchev–Trinajstić information content (AvgIpc) is 2.49. The molecule has 0 aliphatic rings. The molecule has 1 aromatic carbocycles. The van der Waals surface area contributed by atoms with Gasteiger partial charge >= 0.3 is 0 Å². The third kappa shape index (κ3) is 8.95. The number of aryl methyl sites for hydroxylation is 1. The van der Waals surface area contributed by atoms with Crippen molar-refractivity contribution < 1.29 is 9.53 Å². The summed E-state index contributed by atoms with van der Waals surface area (Å²) in [4.78, 5) is 17.4. The van der Waals surface area contributed by atoms with Crippen LogP contribution in [0.2, 0.25) is 0 Å². The zero-order valence-electron chi connectivity index (χ0n) is 15.1. The lowest BCUT2D eigenvalue weighted by molar-refractivity contribution is -0.127. The Morgan fingerprint density at radius 1 is 1.33 bits per heavy atom. The number of nitrogens with one attached hydrogen (secondary N) is 2. The summed E-state index contributed by atoms with van der Waals surface area (Å²) < 4.78 is 5.87. The van der Waals surface area contributed by atoms with Crippen molar-refractivity contribution in [1.82, 2.24) is 15.5 Å². The number of hydrogen-bond donors (Lipinski definition) is 2. The van der Waals surface area contributed by atoms with E-state index in [-0.39, 0.29) is 42.5 Å². The zero-order valence-corrected chi connectivity index (χ0v) is 17.5. The van der Waals surface area contributed by atoms with Crippen molar-refractivity contribution in [3.05, 3.63) is 29.8 Å². The lowest BCUT2D eigenvalue weighted by Crippen LogP contribution is -2.42. The van der Waals surface area contributed by atoms with Crippen LogP contribution in [0.4, 0.5) is 0 Å². The van der Waals surface area contributed by atoms with Crippen molar-refractivity contribution in [2.24, 2.45) is 4.99 Å². The van der Waals surface area contributed by atoms with Gasteiger partial charge in [0.1, 0.15) is 18.4 Å². The number of rotatable bonds is 7. The standard InChI is InChI=1S/C17H28N4O2.HI/c1-6-18-17(20-12-16(22)21(4)5)19-11-14(3)23-15-9-7-8-13(2)10-15;/h7-10,14H,6,11-12H2,1-5H3,(H2,18,19,20);1H. The molecule has 1 rings (SSSR count). The Bertz CT molecular complexity index is 535. The minimum absolute atomic E-state index is 0. The van der Waals surface area contributed by atoms with Gasteiger partial charge in [-0.1, -0.05) is 12.1 Å². The first kappa shape index (κ1) is 22.5. The maximum absolute atomic E-state index is 11.6. The van der Waals surface area contributed by atoms with Gasteiger partial charge in [0, 0.05) is 20.6 Å². The smallest absolute Gasteiger partial charge is 0.243 e. The third-order valence-electron chi connectivity index (χ3n) is 3.10. The largest absolute Gasteiger partial charge is 0.489 e. The molecule has 6 nitrogen and oxygen atoms in total. The first-order valence-corrected chi connectivity index (χ1v) is 7.88. The zero-order chi connectivity index (χ0) is 17.2. The maximum atomic E-state index is 11.6. The maximum Gasteiger partial charge on any atom is 0.243 e. The van der Waals surface area contributed by atoms with Crippen LogP contribution in [0.3, 0.4) is 0 Å². The number of hydrogen-bond acceptors (Lipinski definition) is 3. The number of benzene rings is 1. The summed E-state index contributed by atoms with van der Waals surface area (Å²) in [6, 6.07) is 7.96. The number of carbonyl (C=O) groups is 1. The van der Waals surface area contributed by atoms with E-state index in [4.69, 9.17) is 4.74 Å². The Hall–Kier alpha value is -1.51. The molecule has 2 N–H and O–H groups in total. The van der Waals surface area contributed by atoms with Crippen molar-refractivity contribution in [3.63, 3.8) is 0 Å². The Kier molecular flexibility index (Phi) is 11.2. The summed E-state index contributed by atoms with van der Waals surface area (Å²) in [5, 5.41) is 6.31. The van der Waals surface area contributed by atoms with E-state index in [0.29, 0.717) is 12.5 Å². The number of nitrogens with zero attached hydrogens (tertiary/aromatic N) is 2. The molecule has 7 heteroatoms. The molecule has 0 radical (unpaired) electrons. The van der Waals surface area contributed by atoms with Crippen LogP contribution in [-0.2, 0) is 4.79 Å². The van der Waals surface area contributed by atoms with E-state index in [2.05, 4.69) is 15.6 Å². The molecule has 0 fully saturated rings. The first-order chi connectivity index (χ1) is 10.9. The van der Waals surface area contributed by atoms with Gasteiger partial charge in [0.25, 0.3) is 0 Å². The van der Waals surface area contributed by atoms with Crippen LogP contribution in [0.5, 0.6) is 5.75 Å². The van der Waals surface area contributed by atoms with Gasteiger partial charge in [0.15, 0.2) is 5.96 Å². The highest BCUT2D eigenvalue weighted by atomic mass is 127. The van der Waals surface area contributed by atoms with Crippen LogP contribution in [0, 0.1) is 6.92 Å². The SMILES string of the molecule is CCNC(=NCC(=O)N(C)C)NCC(C)Oc1cccc(C)c1.I. The number of halogens is 1. The number of aliphatic imine (C=N–C) groups is 1. The molecule has 0 aromatic heterocycles. The van der Waals surface area contributed by atoms with Crippen LogP contribution in [-0.4, -0.2) is 56.6 Å². The quantitative estimate of drug-likeness (QED) is 0.381. The van der Waals surface area contributed by atoms with Crippen LogP contribution >= 0.6 is 24.0 Å². The fourth-order valence-electron chi connectivity index (χ4n) is 1.83. The summed E-state index contributed by atoms with van der Waals surface area (Å²) in [5.41, 5.74) is 1.17. The van der Waals surface area contributed by atoms with Crippen molar-refractivity contribution in [2.75, 3.05) is 33.7 Å². The number of ether oxygens (including phenoxy) is 1. The van der Waals surface area contributed by atoms with Gasteiger partial charge in [-0.3, -0.25) is 4.79 Å². The molecular weight excluding hydrogens is 419 g/mol. The van der Waals surface area contributed by atoms with E-state index in [0.717, 1.165) is 12.3 Å². The van der Waals surface area contributed by atoms with Gasteiger partial charge < -0.3 is 20.3 Å². The fourth-order valence-corrected chi connectivity index (χ4v) is 1.83. The van der Waals surface area contributed by atoms with Gasteiger partial charge in [0.05, 0.1) is 6.54 Å². The summed E-state index contributed by atoms with van der Waals surface area (Å²) in [6.07, 6.45) is -0.0230. The second kappa shape index (κ2) is 11.9. The van der Waals surface area contributed by atoms with Crippen molar-refractivity contribution in [3.8, 4) is 5.75 Å². The van der Waals surface area contributed by atoms with Crippen LogP contribution in [0.25, 0.3) is 0 Å². The average molecular weight is 448 g/mol. The summed E-state index contributed by atoms with van der Waals surface area (Å²) in [7, 11) is 3.44. The van der Waals surface area contributed by atoms with Gasteiger partial charge in [-0.05, 0) is 38.5 Å². The molecule has 0 aliphatic carbocycles. The third-order valence-corrected chi connectivity index (χ3v) is 3.10. The molecule has 1 atom stereocenters. The van der Waals surface area contributed by atoms with Gasteiger partial charge in [-0.15, -0.1) is 24.0 Å². The Balaban J connectivity index is 0.00000529. The molecule has 1 amide bonds. The summed E-state index contributed by atoms with van der Waals surface area (Å²) in [5.74, 6) is 1.43. The van der Waals surface area contributed by atoms with E-state index in [1.165, 1.54) is 10.5 Å². The van der Waals surface area contributed by atoms with Crippen LogP contribution in [0.15, 0.2) is 29.3 Å². The van der Waals surface area contributed by atoms with Gasteiger partial charge in [0.2, 0.25) is 5.91 Å². The molecule has 136 valence electrons. The monoisotopic (exact) mass is 448 g/mol. The van der Waals surface area contributed by atoms with Crippen molar-refractivity contribution in [1.29, 1.82) is 0 Å². The first-order valence-electron chi connectivity index (χ1n) is 7.88. The Morgan fingerprint density at radius 2 is 2.04 bits per heavy atom. The second-order valence-electron chi connectivity index (χ2n) is 5.61. The van der Waals surface area contributed by atoms with E-state index in [1.807, 2.05) is 45.0 Å². The van der Waals surface area contributed by atoms with Crippen molar-refractivity contribution in [2.45, 2.75) is 26.9 Å². The lowest BCUT2D eigenvalue weighted by atomic mass is 10.2. The Morgan fingerprint density at radius 3 is 2.62 bits per heavy atom. The normalized spacial score (nSPS) is 12.0. The lowest BCUT2D eigenvalue weighted by Gasteiger charge is -2.18. The number of amides is 1. The summed E-state index contributed by atoms with van der Waals surface area (Å²) >= 11 is 0. The molecule has 24 heavy (non-hydrogen) atoms. The predicted octanol–water partition coefficient (Wildman–Crippen LogP) is 2.02. The minimum Gasteiger partial charge on any atom is -0.489 e. The molecule has 1 aromatic rings. The fraction of sp³-hybridized carbons (Fsp3) is 0.529. The topological polar surface area (TPSA) is 66.0 Å². The molecule has 0 bridgehead atoms. The molecule has 0 spiro atoms. The number of guanidine groups is 1. The van der Waals surface area contributed by atoms with Crippen molar-refractivity contribution >= 4 is 35.8 Å². The summed E-state index contributed by atoms with van der Waals surface area (Å²) in [6.45, 7) is 7.45. The highest BCUT2D eigenvalue weighted by molar-refractivity contribution is 14.0.